The SMILES string of the molecule is C[n+]1c2nc(/C=C/C=C3\N(CCCCCC(=O)O)c4ccc(S(=O)(=O)[O-])cc4C3(C)C)oc2cc2cccc(CO)c21. The Hall–Kier alpha value is -4.06. The Bertz CT molecular complexity index is 1860. The van der Waals surface area contributed by atoms with Crippen LogP contribution in [0.15, 0.2) is 69.6 Å². The number of aryl methyl sites for hydroxylation is 1. The van der Waals surface area contributed by atoms with E-state index in [-0.39, 0.29) is 17.9 Å². The van der Waals surface area contributed by atoms with Crippen molar-refractivity contribution in [1.82, 2.24) is 4.98 Å². The molecule has 0 saturated heterocycles. The Morgan fingerprint density at radius 1 is 1.17 bits per heavy atom. The molecule has 0 fully saturated rings. The van der Waals surface area contributed by atoms with Gasteiger partial charge in [-0.3, -0.25) is 4.79 Å². The normalized spacial score (nSPS) is 15.8. The third-order valence-corrected chi connectivity index (χ3v) is 8.66. The summed E-state index contributed by atoms with van der Waals surface area (Å²) in [5.41, 5.74) is 4.73. The number of pyridine rings is 1. The second-order valence-electron chi connectivity index (χ2n) is 11.0. The Kier molecular flexibility index (Phi) is 7.93. The number of fused-ring (bicyclic) bond motifs is 3. The average Bonchev–Trinajstić information content (AvgIpc) is 3.43. The van der Waals surface area contributed by atoms with Gasteiger partial charge in [0.25, 0.3) is 0 Å². The second kappa shape index (κ2) is 11.3. The van der Waals surface area contributed by atoms with Crippen LogP contribution >= 0.6 is 0 Å². The smallest absolute Gasteiger partial charge is 0.370 e. The number of oxazole rings is 1. The summed E-state index contributed by atoms with van der Waals surface area (Å²) >= 11 is 0. The van der Waals surface area contributed by atoms with Gasteiger partial charge in [0.1, 0.15) is 15.6 Å². The van der Waals surface area contributed by atoms with Crippen molar-refractivity contribution in [2.24, 2.45) is 7.05 Å². The molecule has 2 N–H and O–H groups in total. The molecule has 0 radical (unpaired) electrons. The summed E-state index contributed by atoms with van der Waals surface area (Å²) < 4.78 is 43.2. The number of carboxylic acids is 1. The van der Waals surface area contributed by atoms with Gasteiger partial charge in [0, 0.05) is 57.8 Å². The van der Waals surface area contributed by atoms with E-state index >= 15 is 0 Å². The molecular weight excluding hydrogens is 558 g/mol. The van der Waals surface area contributed by atoms with Crippen molar-refractivity contribution in [1.29, 1.82) is 0 Å². The van der Waals surface area contributed by atoms with Gasteiger partial charge in [-0.1, -0.05) is 44.5 Å². The van der Waals surface area contributed by atoms with Crippen LogP contribution in [-0.2, 0) is 34.0 Å². The molecule has 10 nitrogen and oxygen atoms in total. The predicted octanol–water partition coefficient (Wildman–Crippen LogP) is 4.54. The number of aromatic nitrogens is 2. The largest absolute Gasteiger partial charge is 0.744 e. The first-order valence-electron chi connectivity index (χ1n) is 13.7. The van der Waals surface area contributed by atoms with Crippen molar-refractivity contribution in [3.8, 4) is 0 Å². The summed E-state index contributed by atoms with van der Waals surface area (Å²) in [4.78, 5) is 17.4. The third kappa shape index (κ3) is 5.55. The second-order valence-corrected chi connectivity index (χ2v) is 12.4. The number of aliphatic hydroxyl groups is 1. The lowest BCUT2D eigenvalue weighted by Crippen LogP contribution is -2.31. The van der Waals surface area contributed by atoms with Gasteiger partial charge in [0.2, 0.25) is 5.58 Å². The zero-order valence-corrected chi connectivity index (χ0v) is 24.5. The van der Waals surface area contributed by atoms with E-state index in [1.165, 1.54) is 12.1 Å². The number of carboxylic acid groups (broad SMARTS) is 1. The van der Waals surface area contributed by atoms with E-state index in [9.17, 15) is 22.9 Å². The van der Waals surface area contributed by atoms with E-state index in [0.29, 0.717) is 30.1 Å². The molecule has 2 aromatic carbocycles. The molecule has 1 aliphatic heterocycles. The van der Waals surface area contributed by atoms with Gasteiger partial charge in [-0.25, -0.2) is 13.0 Å². The van der Waals surface area contributed by atoms with E-state index in [2.05, 4.69) is 9.88 Å². The van der Waals surface area contributed by atoms with E-state index in [4.69, 9.17) is 9.52 Å². The van der Waals surface area contributed by atoms with Crippen LogP contribution < -0.4 is 9.47 Å². The molecule has 220 valence electrons. The molecule has 5 rings (SSSR count). The maximum atomic E-state index is 11.8. The van der Waals surface area contributed by atoms with E-state index in [0.717, 1.165) is 46.3 Å². The van der Waals surface area contributed by atoms with Gasteiger partial charge in [0.05, 0.1) is 18.6 Å². The molecule has 2 aromatic heterocycles. The number of benzene rings is 2. The maximum absolute atomic E-state index is 11.8. The summed E-state index contributed by atoms with van der Waals surface area (Å²) in [5.74, 6) is -0.430. The molecule has 0 atom stereocenters. The van der Waals surface area contributed by atoms with Crippen molar-refractivity contribution < 1.29 is 37.0 Å². The molecular formula is C31H33N3O7S. The number of hydrogen-bond donors (Lipinski definition) is 2. The first-order valence-corrected chi connectivity index (χ1v) is 15.1. The van der Waals surface area contributed by atoms with Crippen LogP contribution in [0.4, 0.5) is 5.69 Å². The van der Waals surface area contributed by atoms with Gasteiger partial charge < -0.3 is 24.1 Å². The number of hydrogen-bond acceptors (Lipinski definition) is 8. The monoisotopic (exact) mass is 591 g/mol. The molecule has 0 bridgehead atoms. The number of nitrogens with zero attached hydrogens (tertiary/aromatic N) is 3. The van der Waals surface area contributed by atoms with E-state index in [1.807, 2.05) is 61.9 Å². The Balaban J connectivity index is 1.49. The summed E-state index contributed by atoms with van der Waals surface area (Å²) in [7, 11) is -2.74. The quantitative estimate of drug-likeness (QED) is 0.154. The third-order valence-electron chi connectivity index (χ3n) is 7.83. The highest BCUT2D eigenvalue weighted by atomic mass is 32.2. The number of para-hydroxylation sites is 1. The van der Waals surface area contributed by atoms with Gasteiger partial charge in [-0.2, -0.15) is 0 Å². The molecule has 3 heterocycles. The fourth-order valence-electron chi connectivity index (χ4n) is 5.75. The standard InChI is InChI=1S/C31H33N3O7S/c1-31(2)23-18-22(42(38,39)40)14-15-24(23)34(16-6-4-5-13-28(36)37)26(31)11-8-12-27-32-30-25(41-27)17-20-9-7-10-21(19-35)29(20)33(30)3/h7-12,14-15,17-18,35H,4-6,13,16,19H2,1-3H3,(H-,36,37,38,39,40). The predicted molar refractivity (Wildman–Crippen MR) is 157 cm³/mol. The van der Waals surface area contributed by atoms with Crippen molar-refractivity contribution in [2.45, 2.75) is 56.4 Å². The number of carbonyl (C=O) groups is 1. The van der Waals surface area contributed by atoms with Crippen LogP contribution in [0.1, 0.15) is 56.5 Å². The fourth-order valence-corrected chi connectivity index (χ4v) is 6.25. The minimum absolute atomic E-state index is 0.0919. The highest BCUT2D eigenvalue weighted by Crippen LogP contribution is 2.48. The molecule has 11 heteroatoms. The molecule has 42 heavy (non-hydrogen) atoms. The van der Waals surface area contributed by atoms with Gasteiger partial charge in [-0.15, -0.1) is 0 Å². The van der Waals surface area contributed by atoms with Crippen LogP contribution in [0.5, 0.6) is 0 Å². The number of allylic oxidation sites excluding steroid dienone is 3. The van der Waals surface area contributed by atoms with Crippen LogP contribution in [0, 0.1) is 0 Å². The molecule has 0 amide bonds. The van der Waals surface area contributed by atoms with Crippen LogP contribution in [-0.4, -0.2) is 40.7 Å². The number of rotatable bonds is 10. The minimum atomic E-state index is -4.62. The lowest BCUT2D eigenvalue weighted by atomic mass is 9.83. The lowest BCUT2D eigenvalue weighted by Gasteiger charge is -2.27. The Morgan fingerprint density at radius 3 is 2.67 bits per heavy atom. The summed E-state index contributed by atoms with van der Waals surface area (Å²) in [6, 6.07) is 12.1. The van der Waals surface area contributed by atoms with Crippen molar-refractivity contribution >= 4 is 50.0 Å². The lowest BCUT2D eigenvalue weighted by molar-refractivity contribution is -0.620. The molecule has 0 spiro atoms. The van der Waals surface area contributed by atoms with Crippen LogP contribution in [0.25, 0.3) is 28.2 Å². The number of aliphatic hydroxyl groups excluding tert-OH is 1. The summed E-state index contributed by atoms with van der Waals surface area (Å²) in [5, 5.41) is 19.7. The summed E-state index contributed by atoms with van der Waals surface area (Å²) in [6.45, 7) is 4.45. The highest BCUT2D eigenvalue weighted by molar-refractivity contribution is 7.85. The molecule has 4 aromatic rings. The van der Waals surface area contributed by atoms with Gasteiger partial charge in [0.15, 0.2) is 0 Å². The van der Waals surface area contributed by atoms with Gasteiger partial charge in [-0.05, 0) is 42.7 Å². The van der Waals surface area contributed by atoms with E-state index in [1.54, 1.807) is 12.1 Å². The van der Waals surface area contributed by atoms with Crippen molar-refractivity contribution in [2.75, 3.05) is 11.4 Å². The zero-order chi connectivity index (χ0) is 30.2. The number of aliphatic carboxylic acids is 1. The maximum Gasteiger partial charge on any atom is 0.370 e. The number of unbranched alkanes of at least 4 members (excludes halogenated alkanes) is 2. The van der Waals surface area contributed by atoms with E-state index < -0.39 is 21.5 Å². The van der Waals surface area contributed by atoms with Gasteiger partial charge >= 0.3 is 17.5 Å². The molecule has 1 aliphatic rings. The molecule has 0 aliphatic carbocycles. The number of anilines is 1. The zero-order valence-electron chi connectivity index (χ0n) is 23.7. The van der Waals surface area contributed by atoms with Crippen molar-refractivity contribution in [3.05, 3.63) is 77.3 Å². The molecule has 0 unspecified atom stereocenters. The first-order chi connectivity index (χ1) is 19.9. The fraction of sp³-hybridized carbons (Fsp3) is 0.323. The highest BCUT2D eigenvalue weighted by Gasteiger charge is 2.40. The topological polar surface area (TPSA) is 148 Å². The first kappa shape index (κ1) is 29.4. The molecule has 0 saturated carbocycles. The van der Waals surface area contributed by atoms with Crippen LogP contribution in [0.3, 0.4) is 0 Å². The van der Waals surface area contributed by atoms with Crippen molar-refractivity contribution in [3.63, 3.8) is 0 Å². The van der Waals surface area contributed by atoms with Crippen LogP contribution in [0.2, 0.25) is 0 Å². The minimum Gasteiger partial charge on any atom is -0.744 e. The summed E-state index contributed by atoms with van der Waals surface area (Å²) in [6.07, 6.45) is 7.64. The Labute approximate surface area is 244 Å². The Morgan fingerprint density at radius 2 is 1.95 bits per heavy atom. The average molecular weight is 592 g/mol.